The van der Waals surface area contributed by atoms with Crippen LogP contribution in [0, 0.1) is 5.92 Å². The van der Waals surface area contributed by atoms with Gasteiger partial charge in [0.2, 0.25) is 11.8 Å². The normalized spacial score (nSPS) is 16.2. The molecule has 4 rings (SSSR count). The summed E-state index contributed by atoms with van der Waals surface area (Å²) in [6, 6.07) is 15.9. The third-order valence-electron chi connectivity index (χ3n) is 4.91. The van der Waals surface area contributed by atoms with Crippen LogP contribution in [0.4, 0.5) is 5.69 Å². The van der Waals surface area contributed by atoms with Gasteiger partial charge in [-0.15, -0.1) is 0 Å². The van der Waals surface area contributed by atoms with E-state index >= 15 is 0 Å². The number of hydrogen-bond donors (Lipinski definition) is 2. The van der Waals surface area contributed by atoms with Gasteiger partial charge in [-0.25, -0.2) is 0 Å². The SMILES string of the molecule is O=C(NCCOc1cccc2cccnc12)[C@H]1CC(=O)N(c2ccc(O)cc2)C1. The molecule has 148 valence electrons. The van der Waals surface area contributed by atoms with E-state index in [-0.39, 0.29) is 24.0 Å². The Morgan fingerprint density at radius 3 is 2.79 bits per heavy atom. The Balaban J connectivity index is 1.29. The Hall–Kier alpha value is -3.61. The summed E-state index contributed by atoms with van der Waals surface area (Å²) in [6.07, 6.45) is 1.88. The minimum Gasteiger partial charge on any atom is -0.508 e. The van der Waals surface area contributed by atoms with Crippen LogP contribution in [0.1, 0.15) is 6.42 Å². The van der Waals surface area contributed by atoms with Crippen molar-refractivity contribution >= 4 is 28.4 Å². The molecule has 1 saturated heterocycles. The van der Waals surface area contributed by atoms with Gasteiger partial charge in [-0.05, 0) is 36.4 Å². The summed E-state index contributed by atoms with van der Waals surface area (Å²) in [4.78, 5) is 30.6. The lowest BCUT2D eigenvalue weighted by molar-refractivity contribution is -0.126. The van der Waals surface area contributed by atoms with Crippen molar-refractivity contribution in [3.05, 3.63) is 60.8 Å². The summed E-state index contributed by atoms with van der Waals surface area (Å²) in [6.45, 7) is 0.971. The van der Waals surface area contributed by atoms with Crippen LogP contribution in [0.3, 0.4) is 0 Å². The molecule has 1 aromatic heterocycles. The fourth-order valence-corrected chi connectivity index (χ4v) is 3.44. The largest absolute Gasteiger partial charge is 0.508 e. The molecule has 7 nitrogen and oxygen atoms in total. The van der Waals surface area contributed by atoms with Crippen molar-refractivity contribution in [2.75, 3.05) is 24.6 Å². The second kappa shape index (κ2) is 8.18. The predicted molar refractivity (Wildman–Crippen MR) is 109 cm³/mol. The third kappa shape index (κ3) is 4.13. The number of nitrogens with one attached hydrogen (secondary N) is 1. The number of ether oxygens (including phenoxy) is 1. The summed E-state index contributed by atoms with van der Waals surface area (Å²) in [7, 11) is 0. The Bertz CT molecular complexity index is 1030. The van der Waals surface area contributed by atoms with E-state index in [1.54, 1.807) is 23.2 Å². The number of nitrogens with zero attached hydrogens (tertiary/aromatic N) is 2. The van der Waals surface area contributed by atoms with E-state index in [4.69, 9.17) is 4.74 Å². The standard InChI is InChI=1S/C22H21N3O4/c26-18-8-6-17(7-9-18)25-14-16(13-20(25)27)22(28)24-11-12-29-19-5-1-3-15-4-2-10-23-21(15)19/h1-10,16,26H,11-14H2,(H,24,28)/t16-/m0/s1. The van der Waals surface area contributed by atoms with Gasteiger partial charge >= 0.3 is 0 Å². The van der Waals surface area contributed by atoms with Crippen LogP contribution >= 0.6 is 0 Å². The zero-order valence-corrected chi connectivity index (χ0v) is 15.7. The third-order valence-corrected chi connectivity index (χ3v) is 4.91. The lowest BCUT2D eigenvalue weighted by Gasteiger charge is -2.17. The maximum Gasteiger partial charge on any atom is 0.227 e. The van der Waals surface area contributed by atoms with E-state index in [0.717, 1.165) is 10.9 Å². The number of carbonyl (C=O) groups excluding carboxylic acids is 2. The number of pyridine rings is 1. The summed E-state index contributed by atoms with van der Waals surface area (Å²) in [5.74, 6) is 0.131. The van der Waals surface area contributed by atoms with Gasteiger partial charge in [0, 0.05) is 30.2 Å². The van der Waals surface area contributed by atoms with Gasteiger partial charge in [-0.3, -0.25) is 14.6 Å². The Morgan fingerprint density at radius 2 is 1.97 bits per heavy atom. The molecule has 0 unspecified atom stereocenters. The van der Waals surface area contributed by atoms with Crippen molar-refractivity contribution in [2.24, 2.45) is 5.92 Å². The average Bonchev–Trinajstić information content (AvgIpc) is 3.13. The molecule has 2 N–H and O–H groups in total. The first-order chi connectivity index (χ1) is 14.1. The predicted octanol–water partition coefficient (Wildman–Crippen LogP) is 2.49. The molecule has 1 aliphatic heterocycles. The number of para-hydroxylation sites is 1. The Kier molecular flexibility index (Phi) is 5.29. The molecular formula is C22H21N3O4. The van der Waals surface area contributed by atoms with Gasteiger partial charge in [0.1, 0.15) is 23.6 Å². The number of benzene rings is 2. The molecule has 1 aliphatic rings. The average molecular weight is 391 g/mol. The number of carbonyl (C=O) groups is 2. The van der Waals surface area contributed by atoms with Gasteiger partial charge in [0.05, 0.1) is 12.5 Å². The van der Waals surface area contributed by atoms with Gasteiger partial charge in [-0.1, -0.05) is 18.2 Å². The van der Waals surface area contributed by atoms with Crippen molar-refractivity contribution in [3.8, 4) is 11.5 Å². The maximum atomic E-state index is 12.4. The highest BCUT2D eigenvalue weighted by Crippen LogP contribution is 2.26. The quantitative estimate of drug-likeness (QED) is 0.630. The van der Waals surface area contributed by atoms with Crippen LogP contribution < -0.4 is 15.0 Å². The molecule has 29 heavy (non-hydrogen) atoms. The molecule has 7 heteroatoms. The second-order valence-electron chi connectivity index (χ2n) is 6.89. The van der Waals surface area contributed by atoms with Crippen LogP contribution in [0.15, 0.2) is 60.8 Å². The minimum atomic E-state index is -0.407. The van der Waals surface area contributed by atoms with Crippen molar-refractivity contribution < 1.29 is 19.4 Å². The lowest BCUT2D eigenvalue weighted by Crippen LogP contribution is -2.35. The maximum absolute atomic E-state index is 12.4. The highest BCUT2D eigenvalue weighted by Gasteiger charge is 2.34. The number of anilines is 1. The Morgan fingerprint density at radius 1 is 1.17 bits per heavy atom. The smallest absolute Gasteiger partial charge is 0.227 e. The van der Waals surface area contributed by atoms with E-state index in [1.165, 1.54) is 12.1 Å². The lowest BCUT2D eigenvalue weighted by atomic mass is 10.1. The van der Waals surface area contributed by atoms with Crippen LogP contribution in [-0.4, -0.2) is 41.6 Å². The molecule has 2 amide bonds. The van der Waals surface area contributed by atoms with E-state index < -0.39 is 5.92 Å². The fourth-order valence-electron chi connectivity index (χ4n) is 3.44. The number of phenolic OH excluding ortho intramolecular Hbond substituents is 1. The van der Waals surface area contributed by atoms with Gasteiger partial charge in [-0.2, -0.15) is 0 Å². The molecule has 2 heterocycles. The Labute approximate surface area is 167 Å². The molecule has 0 aliphatic carbocycles. The van der Waals surface area contributed by atoms with E-state index in [2.05, 4.69) is 10.3 Å². The minimum absolute atomic E-state index is 0.103. The summed E-state index contributed by atoms with van der Waals surface area (Å²) in [5.41, 5.74) is 1.46. The number of hydrogen-bond acceptors (Lipinski definition) is 5. The highest BCUT2D eigenvalue weighted by molar-refractivity contribution is 6.00. The van der Waals surface area contributed by atoms with Crippen LogP contribution in [-0.2, 0) is 9.59 Å². The number of rotatable bonds is 6. The molecule has 1 fully saturated rings. The molecule has 0 saturated carbocycles. The van der Waals surface area contributed by atoms with Crippen LogP contribution in [0.25, 0.3) is 10.9 Å². The van der Waals surface area contributed by atoms with Crippen LogP contribution in [0.5, 0.6) is 11.5 Å². The zero-order chi connectivity index (χ0) is 20.2. The first-order valence-electron chi connectivity index (χ1n) is 9.45. The topological polar surface area (TPSA) is 91.8 Å². The van der Waals surface area contributed by atoms with Gasteiger partial charge in [0.15, 0.2) is 0 Å². The van der Waals surface area contributed by atoms with Crippen molar-refractivity contribution in [2.45, 2.75) is 6.42 Å². The second-order valence-corrected chi connectivity index (χ2v) is 6.89. The van der Waals surface area contributed by atoms with E-state index in [0.29, 0.717) is 31.1 Å². The van der Waals surface area contributed by atoms with Gasteiger partial charge in [0.25, 0.3) is 0 Å². The summed E-state index contributed by atoms with van der Waals surface area (Å²) in [5, 5.41) is 13.2. The first-order valence-corrected chi connectivity index (χ1v) is 9.45. The molecule has 0 radical (unpaired) electrons. The monoisotopic (exact) mass is 391 g/mol. The molecule has 0 bridgehead atoms. The molecule has 1 atom stereocenters. The zero-order valence-electron chi connectivity index (χ0n) is 15.7. The summed E-state index contributed by atoms with van der Waals surface area (Å²) < 4.78 is 5.78. The van der Waals surface area contributed by atoms with Crippen LogP contribution in [0.2, 0.25) is 0 Å². The first kappa shape index (κ1) is 18.7. The molecule has 0 spiro atoms. The molecular weight excluding hydrogens is 370 g/mol. The van der Waals surface area contributed by atoms with Crippen molar-refractivity contribution in [1.29, 1.82) is 0 Å². The molecule has 3 aromatic rings. The van der Waals surface area contributed by atoms with Gasteiger partial charge < -0.3 is 20.1 Å². The number of aromatic nitrogens is 1. The summed E-state index contributed by atoms with van der Waals surface area (Å²) >= 11 is 0. The molecule has 2 aromatic carbocycles. The van der Waals surface area contributed by atoms with E-state index in [1.807, 2.05) is 30.3 Å². The number of phenols is 1. The highest BCUT2D eigenvalue weighted by atomic mass is 16.5. The van der Waals surface area contributed by atoms with Crippen molar-refractivity contribution in [1.82, 2.24) is 10.3 Å². The number of fused-ring (bicyclic) bond motifs is 1. The number of amides is 2. The number of aromatic hydroxyl groups is 1. The van der Waals surface area contributed by atoms with Crippen molar-refractivity contribution in [3.63, 3.8) is 0 Å². The fraction of sp³-hybridized carbons (Fsp3) is 0.227. The van der Waals surface area contributed by atoms with E-state index in [9.17, 15) is 14.7 Å².